The predicted molar refractivity (Wildman–Crippen MR) is 55.0 cm³/mol. The topological polar surface area (TPSA) is 42.4 Å². The smallest absolute Gasteiger partial charge is 0.0829 e. The molecule has 1 unspecified atom stereocenters. The summed E-state index contributed by atoms with van der Waals surface area (Å²) in [6.45, 7) is 5.20. The summed E-state index contributed by atoms with van der Waals surface area (Å²) in [7, 11) is 0. The molecule has 3 nitrogen and oxygen atoms in total. The van der Waals surface area contributed by atoms with Gasteiger partial charge in [0, 0.05) is 37.6 Å². The van der Waals surface area contributed by atoms with Gasteiger partial charge in [0.1, 0.15) is 0 Å². The highest BCUT2D eigenvalue weighted by Gasteiger charge is 2.09. The average molecular weight is 195 g/mol. The quantitative estimate of drug-likeness (QED) is 0.729. The maximum Gasteiger partial charge on any atom is 0.0829 e. The van der Waals surface area contributed by atoms with Gasteiger partial charge in [0.25, 0.3) is 0 Å². The second kappa shape index (κ2) is 5.73. The maximum atomic E-state index is 9.81. The molecular weight excluding hydrogens is 178 g/mol. The number of aliphatic hydroxyl groups excluding tert-OH is 1. The molecule has 0 fully saturated rings. The summed E-state index contributed by atoms with van der Waals surface area (Å²) < 4.78 is 5.19. The Morgan fingerprint density at radius 3 is 3.00 bits per heavy atom. The Labute approximate surface area is 84.7 Å². The molecule has 0 amide bonds. The first-order chi connectivity index (χ1) is 6.75. The Morgan fingerprint density at radius 2 is 2.36 bits per heavy atom. The largest absolute Gasteiger partial charge is 0.388 e. The summed E-state index contributed by atoms with van der Waals surface area (Å²) in [5.41, 5.74) is 1.97. The van der Waals surface area contributed by atoms with E-state index in [1.165, 1.54) is 0 Å². The molecule has 78 valence electrons. The van der Waals surface area contributed by atoms with E-state index in [0.717, 1.165) is 11.1 Å². The van der Waals surface area contributed by atoms with Gasteiger partial charge in [0.2, 0.25) is 0 Å². The third-order valence-electron chi connectivity index (χ3n) is 2.18. The molecule has 0 saturated carbocycles. The fourth-order valence-corrected chi connectivity index (χ4v) is 1.32. The lowest BCUT2D eigenvalue weighted by atomic mass is 10.0. The lowest BCUT2D eigenvalue weighted by molar-refractivity contribution is 0.0882. The van der Waals surface area contributed by atoms with E-state index in [1.54, 1.807) is 12.4 Å². The molecule has 1 aromatic heterocycles. The number of aliphatic hydroxyl groups is 1. The van der Waals surface area contributed by atoms with Crippen LogP contribution in [0.2, 0.25) is 0 Å². The summed E-state index contributed by atoms with van der Waals surface area (Å²) in [4.78, 5) is 3.99. The summed E-state index contributed by atoms with van der Waals surface area (Å²) in [6.07, 6.45) is 3.61. The van der Waals surface area contributed by atoms with Crippen LogP contribution in [0, 0.1) is 6.92 Å². The molecule has 1 atom stereocenters. The highest BCUT2D eigenvalue weighted by atomic mass is 16.5. The van der Waals surface area contributed by atoms with Crippen molar-refractivity contribution in [3.05, 3.63) is 29.6 Å². The number of aryl methyl sites for hydroxylation is 1. The van der Waals surface area contributed by atoms with Gasteiger partial charge in [-0.1, -0.05) is 0 Å². The number of aromatic nitrogens is 1. The molecule has 0 aliphatic carbocycles. The van der Waals surface area contributed by atoms with Crippen molar-refractivity contribution >= 4 is 0 Å². The second-order valence-electron chi connectivity index (χ2n) is 3.23. The first-order valence-corrected chi connectivity index (χ1v) is 4.92. The van der Waals surface area contributed by atoms with Crippen LogP contribution in [0.15, 0.2) is 18.5 Å². The van der Waals surface area contributed by atoms with Crippen molar-refractivity contribution in [1.82, 2.24) is 4.98 Å². The van der Waals surface area contributed by atoms with Crippen molar-refractivity contribution < 1.29 is 9.84 Å². The second-order valence-corrected chi connectivity index (χ2v) is 3.23. The third-order valence-corrected chi connectivity index (χ3v) is 2.18. The fourth-order valence-electron chi connectivity index (χ4n) is 1.32. The number of pyridine rings is 1. The summed E-state index contributed by atoms with van der Waals surface area (Å²) in [5, 5.41) is 9.81. The molecule has 3 heteroatoms. The van der Waals surface area contributed by atoms with Crippen LogP contribution in [0.4, 0.5) is 0 Å². The number of rotatable bonds is 5. The van der Waals surface area contributed by atoms with Crippen LogP contribution in [-0.4, -0.2) is 23.3 Å². The maximum absolute atomic E-state index is 9.81. The van der Waals surface area contributed by atoms with Gasteiger partial charge in [-0.25, -0.2) is 0 Å². The lowest BCUT2D eigenvalue weighted by Gasteiger charge is -2.12. The zero-order valence-corrected chi connectivity index (χ0v) is 8.73. The van der Waals surface area contributed by atoms with E-state index in [1.807, 2.05) is 19.9 Å². The molecule has 0 radical (unpaired) electrons. The number of nitrogens with zero attached hydrogens (tertiary/aromatic N) is 1. The highest BCUT2D eigenvalue weighted by molar-refractivity contribution is 5.23. The Hall–Kier alpha value is -0.930. The third kappa shape index (κ3) is 3.09. The minimum Gasteiger partial charge on any atom is -0.388 e. The number of hydrogen-bond acceptors (Lipinski definition) is 3. The molecule has 0 bridgehead atoms. The Balaban J connectivity index is 2.51. The Morgan fingerprint density at radius 1 is 1.57 bits per heavy atom. The van der Waals surface area contributed by atoms with Gasteiger partial charge in [-0.05, 0) is 25.5 Å². The van der Waals surface area contributed by atoms with Gasteiger partial charge < -0.3 is 9.84 Å². The van der Waals surface area contributed by atoms with Crippen molar-refractivity contribution in [3.8, 4) is 0 Å². The van der Waals surface area contributed by atoms with E-state index < -0.39 is 6.10 Å². The van der Waals surface area contributed by atoms with E-state index in [-0.39, 0.29) is 0 Å². The van der Waals surface area contributed by atoms with Crippen LogP contribution in [0.3, 0.4) is 0 Å². The fraction of sp³-hybridized carbons (Fsp3) is 0.545. The summed E-state index contributed by atoms with van der Waals surface area (Å²) in [6, 6.07) is 1.90. The molecule has 1 aromatic rings. The van der Waals surface area contributed by atoms with Crippen LogP contribution in [0.5, 0.6) is 0 Å². The zero-order chi connectivity index (χ0) is 10.4. The van der Waals surface area contributed by atoms with E-state index in [2.05, 4.69) is 4.98 Å². The normalized spacial score (nSPS) is 12.8. The number of ether oxygens (including phenoxy) is 1. The van der Waals surface area contributed by atoms with Crippen molar-refractivity contribution in [3.63, 3.8) is 0 Å². The molecule has 1 N–H and O–H groups in total. The van der Waals surface area contributed by atoms with Crippen LogP contribution < -0.4 is 0 Å². The first kappa shape index (κ1) is 11.1. The summed E-state index contributed by atoms with van der Waals surface area (Å²) in [5.74, 6) is 0. The zero-order valence-electron chi connectivity index (χ0n) is 8.73. The van der Waals surface area contributed by atoms with Crippen LogP contribution in [0.1, 0.15) is 30.6 Å². The molecule has 0 spiro atoms. The minimum absolute atomic E-state index is 0.463. The van der Waals surface area contributed by atoms with E-state index in [0.29, 0.717) is 19.6 Å². The van der Waals surface area contributed by atoms with Crippen molar-refractivity contribution in [2.24, 2.45) is 0 Å². The van der Waals surface area contributed by atoms with Crippen molar-refractivity contribution in [2.45, 2.75) is 26.4 Å². The van der Waals surface area contributed by atoms with Crippen LogP contribution in [0.25, 0.3) is 0 Å². The lowest BCUT2D eigenvalue weighted by Crippen LogP contribution is -2.05. The van der Waals surface area contributed by atoms with E-state index in [9.17, 15) is 5.11 Å². The molecule has 0 aromatic carbocycles. The predicted octanol–water partition coefficient (Wildman–Crippen LogP) is 1.85. The molecule has 1 heterocycles. The molecule has 0 aliphatic rings. The van der Waals surface area contributed by atoms with Gasteiger partial charge in [0.05, 0.1) is 6.10 Å². The van der Waals surface area contributed by atoms with Gasteiger partial charge in [-0.2, -0.15) is 0 Å². The van der Waals surface area contributed by atoms with Gasteiger partial charge in [-0.15, -0.1) is 0 Å². The first-order valence-electron chi connectivity index (χ1n) is 4.92. The summed E-state index contributed by atoms with van der Waals surface area (Å²) >= 11 is 0. The van der Waals surface area contributed by atoms with Gasteiger partial charge in [-0.3, -0.25) is 4.98 Å². The Bertz CT molecular complexity index is 276. The van der Waals surface area contributed by atoms with Gasteiger partial charge in [0.15, 0.2) is 0 Å². The Kier molecular flexibility index (Phi) is 4.56. The van der Waals surface area contributed by atoms with E-state index >= 15 is 0 Å². The van der Waals surface area contributed by atoms with Crippen molar-refractivity contribution in [1.29, 1.82) is 0 Å². The highest BCUT2D eigenvalue weighted by Crippen LogP contribution is 2.18. The standard InChI is InChI=1S/C11H17NO2/c1-3-14-7-5-11(13)10-8-12-6-4-9(10)2/h4,6,8,11,13H,3,5,7H2,1-2H3. The monoisotopic (exact) mass is 195 g/mol. The molecule has 1 rings (SSSR count). The van der Waals surface area contributed by atoms with E-state index in [4.69, 9.17) is 4.74 Å². The van der Waals surface area contributed by atoms with Gasteiger partial charge >= 0.3 is 0 Å². The molecular formula is C11H17NO2. The van der Waals surface area contributed by atoms with Crippen molar-refractivity contribution in [2.75, 3.05) is 13.2 Å². The molecule has 0 aliphatic heterocycles. The van der Waals surface area contributed by atoms with Crippen LogP contribution >= 0.6 is 0 Å². The minimum atomic E-state index is -0.463. The average Bonchev–Trinajstić information content (AvgIpc) is 2.18. The SMILES string of the molecule is CCOCCC(O)c1cnccc1C. The van der Waals surface area contributed by atoms with Crippen LogP contribution in [-0.2, 0) is 4.74 Å². The number of hydrogen-bond donors (Lipinski definition) is 1. The molecule has 14 heavy (non-hydrogen) atoms. The molecule has 0 saturated heterocycles.